The summed E-state index contributed by atoms with van der Waals surface area (Å²) in [7, 11) is 0. The summed E-state index contributed by atoms with van der Waals surface area (Å²) in [6.45, 7) is 0. The predicted octanol–water partition coefficient (Wildman–Crippen LogP) is 10.1. The van der Waals surface area contributed by atoms with Gasteiger partial charge in [-0.25, -0.2) is 0 Å². The van der Waals surface area contributed by atoms with Gasteiger partial charge >= 0.3 is 0 Å². The number of halogens is 2. The first-order chi connectivity index (χ1) is 20.1. The van der Waals surface area contributed by atoms with Gasteiger partial charge in [0.2, 0.25) is 0 Å². The number of hydrogen-bond acceptors (Lipinski definition) is 2. The second kappa shape index (κ2) is 12.6. The first kappa shape index (κ1) is 28.2. The van der Waals surface area contributed by atoms with E-state index in [0.717, 1.165) is 12.1 Å². The summed E-state index contributed by atoms with van der Waals surface area (Å²) in [6.07, 6.45) is 20.0. The fourth-order valence-electron chi connectivity index (χ4n) is 8.13. The van der Waals surface area contributed by atoms with Crippen LogP contribution in [0.3, 0.4) is 0 Å². The number of aromatic amines is 2. The molecule has 4 aliphatic rings. The summed E-state index contributed by atoms with van der Waals surface area (Å²) >= 11 is 7.21. The van der Waals surface area contributed by atoms with Crippen LogP contribution >= 0.6 is 31.9 Å². The zero-order chi connectivity index (χ0) is 27.8. The third-order valence-electron chi connectivity index (χ3n) is 10.2. The first-order valence-electron chi connectivity index (χ1n) is 16.2. The number of nitrogens with one attached hydrogen (secondary N) is 4. The number of rotatable bonds is 4. The molecule has 2 heterocycles. The van der Waals surface area contributed by atoms with Crippen molar-refractivity contribution in [2.75, 3.05) is 0 Å². The second-order valence-electron chi connectivity index (χ2n) is 13.0. The van der Waals surface area contributed by atoms with Gasteiger partial charge in [0.05, 0.1) is 0 Å². The van der Waals surface area contributed by atoms with Gasteiger partial charge < -0.3 is 20.6 Å². The predicted molar refractivity (Wildman–Crippen MR) is 179 cm³/mol. The monoisotopic (exact) mass is 678 g/mol. The Morgan fingerprint density at radius 3 is 1.44 bits per heavy atom. The van der Waals surface area contributed by atoms with Gasteiger partial charge in [0.25, 0.3) is 0 Å². The lowest BCUT2D eigenvalue weighted by Gasteiger charge is -2.31. The fourth-order valence-corrected chi connectivity index (χ4v) is 8.86. The van der Waals surface area contributed by atoms with Crippen LogP contribution in [0.4, 0.5) is 0 Å². The molecule has 0 amide bonds. The van der Waals surface area contributed by atoms with E-state index in [1.54, 1.807) is 11.1 Å². The van der Waals surface area contributed by atoms with E-state index in [2.05, 4.69) is 88.9 Å². The minimum absolute atomic E-state index is 0.531. The highest BCUT2D eigenvalue weighted by molar-refractivity contribution is 9.10. The molecule has 4 aliphatic carbocycles. The summed E-state index contributed by atoms with van der Waals surface area (Å²) in [6, 6.07) is 15.7. The van der Waals surface area contributed by atoms with Crippen molar-refractivity contribution in [2.45, 2.75) is 120 Å². The Labute approximate surface area is 261 Å². The summed E-state index contributed by atoms with van der Waals surface area (Å²) in [4.78, 5) is 7.38. The van der Waals surface area contributed by atoms with Crippen LogP contribution in [0.15, 0.2) is 45.3 Å². The SMILES string of the molecule is Brc1ccc2[nH]c3c(c2c1)CCCC3NC1CCCC1.Brc1ccc2[nH]c3c(c2c1)CCCC3NC1CCCCC1. The van der Waals surface area contributed by atoms with E-state index in [9.17, 15) is 0 Å². The molecule has 0 radical (unpaired) electrons. The Balaban J connectivity index is 0.000000135. The molecule has 2 saturated carbocycles. The molecule has 2 atom stereocenters. The average Bonchev–Trinajstić information content (AvgIpc) is 3.72. The third kappa shape index (κ3) is 6.09. The van der Waals surface area contributed by atoms with Crippen molar-refractivity contribution in [1.29, 1.82) is 0 Å². The lowest BCUT2D eigenvalue weighted by atomic mass is 9.89. The van der Waals surface area contributed by atoms with Gasteiger partial charge in [0.15, 0.2) is 0 Å². The van der Waals surface area contributed by atoms with Gasteiger partial charge in [-0.3, -0.25) is 0 Å². The Morgan fingerprint density at radius 1 is 0.537 bits per heavy atom. The highest BCUT2D eigenvalue weighted by atomic mass is 79.9. The molecule has 2 aromatic heterocycles. The number of H-pyrrole nitrogens is 2. The van der Waals surface area contributed by atoms with Crippen LogP contribution in [0.25, 0.3) is 21.8 Å². The van der Waals surface area contributed by atoms with Crippen molar-refractivity contribution in [3.05, 3.63) is 67.9 Å². The Bertz CT molecular complexity index is 1490. The van der Waals surface area contributed by atoms with E-state index in [1.807, 2.05) is 0 Å². The smallest absolute Gasteiger partial charge is 0.0478 e. The molecule has 0 bridgehead atoms. The lowest BCUT2D eigenvalue weighted by molar-refractivity contribution is 0.318. The van der Waals surface area contributed by atoms with Gasteiger partial charge in [-0.2, -0.15) is 0 Å². The van der Waals surface area contributed by atoms with E-state index in [1.165, 1.54) is 138 Å². The van der Waals surface area contributed by atoms with Gasteiger partial charge in [-0.05, 0) is 112 Å². The molecule has 0 spiro atoms. The van der Waals surface area contributed by atoms with Gasteiger partial charge in [-0.15, -0.1) is 0 Å². The summed E-state index contributed by atoms with van der Waals surface area (Å²) < 4.78 is 2.36. The van der Waals surface area contributed by atoms with Gasteiger partial charge in [0, 0.05) is 66.3 Å². The first-order valence-corrected chi connectivity index (χ1v) is 17.8. The van der Waals surface area contributed by atoms with E-state index in [-0.39, 0.29) is 0 Å². The molecule has 0 saturated heterocycles. The zero-order valence-electron chi connectivity index (χ0n) is 24.1. The molecular weight excluding hydrogens is 636 g/mol. The Morgan fingerprint density at radius 2 is 0.976 bits per heavy atom. The molecular formula is C35H44Br2N4. The second-order valence-corrected chi connectivity index (χ2v) is 14.8. The lowest BCUT2D eigenvalue weighted by Crippen LogP contribution is -2.36. The van der Waals surface area contributed by atoms with Crippen molar-refractivity contribution in [3.8, 4) is 0 Å². The number of hydrogen-bond donors (Lipinski definition) is 4. The van der Waals surface area contributed by atoms with Crippen molar-refractivity contribution in [2.24, 2.45) is 0 Å². The minimum Gasteiger partial charge on any atom is -0.357 e. The molecule has 2 fully saturated rings. The molecule has 2 aromatic carbocycles. The normalized spacial score (nSPS) is 23.4. The van der Waals surface area contributed by atoms with Crippen molar-refractivity contribution in [3.63, 3.8) is 0 Å². The molecule has 41 heavy (non-hydrogen) atoms. The molecule has 4 N–H and O–H groups in total. The van der Waals surface area contributed by atoms with E-state index >= 15 is 0 Å². The van der Waals surface area contributed by atoms with Crippen LogP contribution in [0.2, 0.25) is 0 Å². The molecule has 4 nitrogen and oxygen atoms in total. The third-order valence-corrected chi connectivity index (χ3v) is 11.2. The van der Waals surface area contributed by atoms with Crippen LogP contribution in [-0.4, -0.2) is 22.1 Å². The molecule has 218 valence electrons. The Hall–Kier alpha value is -1.60. The van der Waals surface area contributed by atoms with E-state index in [4.69, 9.17) is 0 Å². The van der Waals surface area contributed by atoms with Crippen LogP contribution in [0.5, 0.6) is 0 Å². The number of aryl methyl sites for hydroxylation is 2. The maximum Gasteiger partial charge on any atom is 0.0478 e. The van der Waals surface area contributed by atoms with E-state index < -0.39 is 0 Å². The molecule has 8 rings (SSSR count). The van der Waals surface area contributed by atoms with Crippen LogP contribution in [-0.2, 0) is 12.8 Å². The maximum absolute atomic E-state index is 3.95. The van der Waals surface area contributed by atoms with Crippen molar-refractivity contribution in [1.82, 2.24) is 20.6 Å². The number of benzene rings is 2. The molecule has 2 unspecified atom stereocenters. The van der Waals surface area contributed by atoms with Crippen LogP contribution < -0.4 is 10.6 Å². The van der Waals surface area contributed by atoms with Crippen molar-refractivity contribution >= 4 is 53.7 Å². The van der Waals surface area contributed by atoms with Crippen LogP contribution in [0.1, 0.15) is 118 Å². The molecule has 4 aromatic rings. The highest BCUT2D eigenvalue weighted by Gasteiger charge is 2.28. The number of fused-ring (bicyclic) bond motifs is 6. The molecule has 6 heteroatoms. The fraction of sp³-hybridized carbons (Fsp3) is 0.543. The van der Waals surface area contributed by atoms with Gasteiger partial charge in [-0.1, -0.05) is 64.0 Å². The summed E-state index contributed by atoms with van der Waals surface area (Å²) in [5, 5.41) is 10.7. The zero-order valence-corrected chi connectivity index (χ0v) is 27.3. The minimum atomic E-state index is 0.531. The van der Waals surface area contributed by atoms with Crippen LogP contribution in [0, 0.1) is 0 Å². The average molecular weight is 681 g/mol. The topological polar surface area (TPSA) is 55.6 Å². The van der Waals surface area contributed by atoms with Gasteiger partial charge in [0.1, 0.15) is 0 Å². The van der Waals surface area contributed by atoms with E-state index in [0.29, 0.717) is 12.1 Å². The largest absolute Gasteiger partial charge is 0.357 e. The Kier molecular flexibility index (Phi) is 8.63. The highest BCUT2D eigenvalue weighted by Crippen LogP contribution is 2.38. The summed E-state index contributed by atoms with van der Waals surface area (Å²) in [5.74, 6) is 0. The molecule has 0 aliphatic heterocycles. The quantitative estimate of drug-likeness (QED) is 0.174. The van der Waals surface area contributed by atoms with Crippen molar-refractivity contribution < 1.29 is 0 Å². The number of aromatic nitrogens is 2. The standard InChI is InChI=1S/C18H23BrN2.C17H21BrN2/c19-12-9-10-16-15(11-12)14-7-4-8-17(18(14)21-16)20-13-5-2-1-3-6-13;18-11-8-9-15-14(10-11)13-6-3-7-16(17(13)20-15)19-12-4-1-2-5-12/h9-11,13,17,20-21H,1-8H2;8-10,12,16,19-20H,1-7H2. The summed E-state index contributed by atoms with van der Waals surface area (Å²) in [5.41, 5.74) is 8.59. The maximum atomic E-state index is 3.95.